The van der Waals surface area contributed by atoms with Crippen molar-refractivity contribution in [2.45, 2.75) is 11.6 Å². The molecule has 22 heavy (non-hydrogen) atoms. The number of hydrogen-bond donors (Lipinski definition) is 0. The zero-order valence-electron chi connectivity index (χ0n) is 10.8. The summed E-state index contributed by atoms with van der Waals surface area (Å²) in [6, 6.07) is 2.68. The number of hydrogen-bond acceptors (Lipinski definition) is 6. The van der Waals surface area contributed by atoms with Crippen LogP contribution >= 0.6 is 11.8 Å². The Kier molecular flexibility index (Phi) is 5.09. The molecule has 0 amide bonds. The number of pyridine rings is 1. The predicted molar refractivity (Wildman–Crippen MR) is 71.5 cm³/mol. The third-order valence-electron chi connectivity index (χ3n) is 2.41. The van der Waals surface area contributed by atoms with Crippen molar-refractivity contribution in [3.05, 3.63) is 46.7 Å². The van der Waals surface area contributed by atoms with Crippen molar-refractivity contribution in [1.82, 2.24) is 19.7 Å². The van der Waals surface area contributed by atoms with E-state index in [2.05, 4.69) is 15.1 Å². The third kappa shape index (κ3) is 3.81. The number of halogens is 3. The normalized spacial score (nSPS) is 10.5. The fraction of sp³-hybridized carbons (Fsp3) is 0.182. The second kappa shape index (κ2) is 7.02. The van der Waals surface area contributed by atoms with Gasteiger partial charge in [0.2, 0.25) is 11.0 Å². The second-order valence-electron chi connectivity index (χ2n) is 3.84. The van der Waals surface area contributed by atoms with E-state index in [-0.39, 0.29) is 22.4 Å². The molecule has 11 heteroatoms. The van der Waals surface area contributed by atoms with Crippen LogP contribution in [-0.4, -0.2) is 30.4 Å². The third-order valence-corrected chi connectivity index (χ3v) is 3.26. The standard InChI is InChI=1S/C11H8F3N5O2S/c12-7(9(13)14)3-5-22-11-16-6-18(17-11)10-8(19(20)21)2-1-4-15-10/h1-2,4,6H,3,5H2. The van der Waals surface area contributed by atoms with Crippen LogP contribution in [0.3, 0.4) is 0 Å². The summed E-state index contributed by atoms with van der Waals surface area (Å²) in [5.74, 6) is -1.49. The van der Waals surface area contributed by atoms with Crippen LogP contribution in [0.1, 0.15) is 6.42 Å². The molecule has 2 aromatic rings. The van der Waals surface area contributed by atoms with Gasteiger partial charge in [-0.05, 0) is 6.07 Å². The van der Waals surface area contributed by atoms with E-state index in [1.807, 2.05) is 0 Å². The van der Waals surface area contributed by atoms with E-state index >= 15 is 0 Å². The van der Waals surface area contributed by atoms with Crippen LogP contribution in [0.5, 0.6) is 0 Å². The van der Waals surface area contributed by atoms with E-state index in [0.717, 1.165) is 16.4 Å². The summed E-state index contributed by atoms with van der Waals surface area (Å²) in [5, 5.41) is 15.0. The maximum Gasteiger partial charge on any atom is 0.313 e. The highest BCUT2D eigenvalue weighted by Crippen LogP contribution is 2.22. The molecule has 0 aliphatic rings. The van der Waals surface area contributed by atoms with Gasteiger partial charge in [0.15, 0.2) is 5.83 Å². The summed E-state index contributed by atoms with van der Waals surface area (Å²) in [4.78, 5) is 18.0. The summed E-state index contributed by atoms with van der Waals surface area (Å²) in [7, 11) is 0. The molecule has 0 aromatic carbocycles. The van der Waals surface area contributed by atoms with Gasteiger partial charge in [0.05, 0.1) is 4.92 Å². The monoisotopic (exact) mass is 331 g/mol. The summed E-state index contributed by atoms with van der Waals surface area (Å²) >= 11 is 0.948. The van der Waals surface area contributed by atoms with Crippen LogP contribution in [0.15, 0.2) is 41.7 Å². The Morgan fingerprint density at radius 3 is 2.82 bits per heavy atom. The molecule has 0 atom stereocenters. The van der Waals surface area contributed by atoms with Crippen molar-refractivity contribution in [1.29, 1.82) is 0 Å². The fourth-order valence-corrected chi connectivity index (χ4v) is 2.18. The molecule has 2 aromatic heterocycles. The van der Waals surface area contributed by atoms with Crippen molar-refractivity contribution in [2.75, 3.05) is 5.75 Å². The Bertz CT molecular complexity index is 717. The largest absolute Gasteiger partial charge is 0.313 e. The minimum atomic E-state index is -2.34. The molecule has 2 heterocycles. The van der Waals surface area contributed by atoms with Crippen LogP contribution in [0, 0.1) is 10.1 Å². The van der Waals surface area contributed by atoms with Crippen LogP contribution in [-0.2, 0) is 0 Å². The van der Waals surface area contributed by atoms with Gasteiger partial charge in [0, 0.05) is 24.4 Å². The first kappa shape index (κ1) is 15.9. The first-order chi connectivity index (χ1) is 10.5. The molecule has 0 saturated carbocycles. The molecular weight excluding hydrogens is 323 g/mol. The van der Waals surface area contributed by atoms with Gasteiger partial charge in [-0.2, -0.15) is 13.5 Å². The van der Waals surface area contributed by atoms with Crippen molar-refractivity contribution >= 4 is 17.4 Å². The summed E-state index contributed by atoms with van der Waals surface area (Å²) < 4.78 is 37.5. The highest BCUT2D eigenvalue weighted by molar-refractivity contribution is 7.99. The van der Waals surface area contributed by atoms with Crippen molar-refractivity contribution in [3.63, 3.8) is 0 Å². The van der Waals surface area contributed by atoms with Gasteiger partial charge in [0.1, 0.15) is 6.33 Å². The Morgan fingerprint density at radius 2 is 2.14 bits per heavy atom. The van der Waals surface area contributed by atoms with E-state index in [9.17, 15) is 23.3 Å². The molecular formula is C11H8F3N5O2S. The first-order valence-electron chi connectivity index (χ1n) is 5.83. The number of allylic oxidation sites excluding steroid dienone is 1. The number of thioether (sulfide) groups is 1. The molecule has 7 nitrogen and oxygen atoms in total. The highest BCUT2D eigenvalue weighted by Gasteiger charge is 2.17. The van der Waals surface area contributed by atoms with E-state index < -0.39 is 23.3 Å². The van der Waals surface area contributed by atoms with Gasteiger partial charge in [-0.1, -0.05) is 11.8 Å². The van der Waals surface area contributed by atoms with E-state index in [1.54, 1.807) is 0 Å². The molecule has 0 aliphatic carbocycles. The molecule has 116 valence electrons. The highest BCUT2D eigenvalue weighted by atomic mass is 32.2. The lowest BCUT2D eigenvalue weighted by atomic mass is 10.4. The van der Waals surface area contributed by atoms with E-state index in [0.29, 0.717) is 0 Å². The molecule has 0 unspecified atom stereocenters. The Labute approximate surface area is 126 Å². The van der Waals surface area contributed by atoms with Gasteiger partial charge >= 0.3 is 11.8 Å². The van der Waals surface area contributed by atoms with E-state index in [4.69, 9.17) is 0 Å². The quantitative estimate of drug-likeness (QED) is 0.459. The average molecular weight is 331 g/mol. The first-order valence-corrected chi connectivity index (χ1v) is 6.81. The second-order valence-corrected chi connectivity index (χ2v) is 4.90. The molecule has 0 spiro atoms. The van der Waals surface area contributed by atoms with E-state index in [1.165, 1.54) is 24.7 Å². The van der Waals surface area contributed by atoms with Crippen LogP contribution in [0.25, 0.3) is 5.82 Å². The van der Waals surface area contributed by atoms with Gasteiger partial charge in [-0.3, -0.25) is 10.1 Å². The summed E-state index contributed by atoms with van der Waals surface area (Å²) in [6.07, 6.45) is -0.227. The lowest BCUT2D eigenvalue weighted by Crippen LogP contribution is -2.03. The van der Waals surface area contributed by atoms with Gasteiger partial charge < -0.3 is 0 Å². The average Bonchev–Trinajstić information content (AvgIpc) is 2.95. The SMILES string of the molecule is O=[N+]([O-])c1cccnc1-n1cnc(SCCC(F)=C(F)F)n1. The van der Waals surface area contributed by atoms with Crippen LogP contribution in [0.4, 0.5) is 18.9 Å². The Balaban J connectivity index is 2.09. The predicted octanol–water partition coefficient (Wildman–Crippen LogP) is 3.13. The smallest absolute Gasteiger partial charge is 0.258 e. The summed E-state index contributed by atoms with van der Waals surface area (Å²) in [5.41, 5.74) is -0.252. The van der Waals surface area contributed by atoms with Crippen LogP contribution in [0.2, 0.25) is 0 Å². The van der Waals surface area contributed by atoms with Gasteiger partial charge in [-0.15, -0.1) is 5.10 Å². The molecule has 0 saturated heterocycles. The summed E-state index contributed by atoms with van der Waals surface area (Å²) in [6.45, 7) is 0. The number of nitro groups is 1. The van der Waals surface area contributed by atoms with Crippen LogP contribution < -0.4 is 0 Å². The molecule has 0 aliphatic heterocycles. The van der Waals surface area contributed by atoms with Gasteiger partial charge in [0.25, 0.3) is 0 Å². The van der Waals surface area contributed by atoms with Crippen molar-refractivity contribution in [3.8, 4) is 5.82 Å². The molecule has 0 fully saturated rings. The molecule has 0 bridgehead atoms. The molecule has 0 N–H and O–H groups in total. The molecule has 0 radical (unpaired) electrons. The minimum absolute atomic E-state index is 0.0114. The maximum absolute atomic E-state index is 12.6. The maximum atomic E-state index is 12.6. The Morgan fingerprint density at radius 1 is 1.36 bits per heavy atom. The van der Waals surface area contributed by atoms with Gasteiger partial charge in [-0.25, -0.2) is 14.4 Å². The molecule has 2 rings (SSSR count). The topological polar surface area (TPSA) is 86.7 Å². The number of nitrogens with zero attached hydrogens (tertiary/aromatic N) is 5. The zero-order chi connectivity index (χ0) is 16.1. The minimum Gasteiger partial charge on any atom is -0.258 e. The lowest BCUT2D eigenvalue weighted by molar-refractivity contribution is -0.384. The van der Waals surface area contributed by atoms with Crippen molar-refractivity contribution in [2.24, 2.45) is 0 Å². The number of aromatic nitrogens is 4. The van der Waals surface area contributed by atoms with Crippen molar-refractivity contribution < 1.29 is 18.1 Å². The Hall–Kier alpha value is -2.43. The number of rotatable bonds is 6. The fourth-order valence-electron chi connectivity index (χ4n) is 1.45. The lowest BCUT2D eigenvalue weighted by Gasteiger charge is -1.99. The zero-order valence-corrected chi connectivity index (χ0v) is 11.6.